The summed E-state index contributed by atoms with van der Waals surface area (Å²) >= 11 is 1.12. The zero-order valence-electron chi connectivity index (χ0n) is 11.5. The number of ether oxygens (including phenoxy) is 1. The van der Waals surface area contributed by atoms with Crippen LogP contribution in [0, 0.1) is 6.92 Å². The van der Waals surface area contributed by atoms with Crippen LogP contribution in [0.25, 0.3) is 0 Å². The van der Waals surface area contributed by atoms with Gasteiger partial charge >= 0.3 is 6.61 Å². The Kier molecular flexibility index (Phi) is 5.15. The molecule has 2 rings (SSSR count). The number of hydrogen-bond acceptors (Lipinski definition) is 6. The van der Waals surface area contributed by atoms with Gasteiger partial charge in [-0.1, -0.05) is 11.8 Å². The highest BCUT2D eigenvalue weighted by Gasteiger charge is 2.10. The van der Waals surface area contributed by atoms with E-state index in [1.807, 2.05) is 0 Å². The second kappa shape index (κ2) is 7.07. The van der Waals surface area contributed by atoms with Gasteiger partial charge in [0.25, 0.3) is 0 Å². The van der Waals surface area contributed by atoms with Crippen molar-refractivity contribution in [2.45, 2.75) is 18.7 Å². The topological polar surface area (TPSA) is 106 Å². The molecular formula is C12H13F2N5O2S. The van der Waals surface area contributed by atoms with E-state index in [1.165, 1.54) is 18.2 Å². The van der Waals surface area contributed by atoms with Crippen molar-refractivity contribution in [1.29, 1.82) is 0 Å². The number of nitrogen functional groups attached to an aromatic ring is 1. The van der Waals surface area contributed by atoms with Crippen LogP contribution in [-0.2, 0) is 4.79 Å². The molecule has 2 aromatic rings. The lowest BCUT2D eigenvalue weighted by atomic mass is 10.2. The quantitative estimate of drug-likeness (QED) is 0.700. The number of aryl methyl sites for hydroxylation is 1. The zero-order valence-corrected chi connectivity index (χ0v) is 12.3. The van der Waals surface area contributed by atoms with Gasteiger partial charge in [-0.2, -0.15) is 13.8 Å². The Morgan fingerprint density at radius 3 is 2.91 bits per heavy atom. The van der Waals surface area contributed by atoms with Crippen molar-refractivity contribution >= 4 is 29.3 Å². The number of thioether (sulfide) groups is 1. The molecule has 0 atom stereocenters. The van der Waals surface area contributed by atoms with Crippen LogP contribution in [-0.4, -0.2) is 33.5 Å². The van der Waals surface area contributed by atoms with Crippen LogP contribution in [0.4, 0.5) is 20.4 Å². The fourth-order valence-corrected chi connectivity index (χ4v) is 2.20. The minimum Gasteiger partial charge on any atom is -0.435 e. The summed E-state index contributed by atoms with van der Waals surface area (Å²) in [4.78, 5) is 15.7. The molecule has 0 bridgehead atoms. The number of carbonyl (C=O) groups is 1. The highest BCUT2D eigenvalue weighted by Crippen LogP contribution is 2.23. The van der Waals surface area contributed by atoms with Gasteiger partial charge in [0.1, 0.15) is 5.75 Å². The summed E-state index contributed by atoms with van der Waals surface area (Å²) in [7, 11) is 0. The Bertz CT molecular complexity index is 665. The number of carbonyl (C=O) groups excluding carboxylic acids is 1. The van der Waals surface area contributed by atoms with Crippen molar-refractivity contribution in [3.63, 3.8) is 0 Å². The number of aromatic nitrogens is 3. The predicted octanol–water partition coefficient (Wildman–Crippen LogP) is 2.03. The van der Waals surface area contributed by atoms with Gasteiger partial charge in [-0.15, -0.1) is 5.10 Å². The van der Waals surface area contributed by atoms with E-state index in [2.05, 4.69) is 25.2 Å². The van der Waals surface area contributed by atoms with Crippen LogP contribution in [0.1, 0.15) is 5.56 Å². The molecule has 4 N–H and O–H groups in total. The summed E-state index contributed by atoms with van der Waals surface area (Å²) in [5, 5.41) is 9.28. The normalized spacial score (nSPS) is 10.7. The summed E-state index contributed by atoms with van der Waals surface area (Å²) in [6.07, 6.45) is 0. The molecule has 0 fully saturated rings. The number of nitrogens with zero attached hydrogens (tertiary/aromatic N) is 2. The third-order valence-electron chi connectivity index (χ3n) is 2.51. The predicted molar refractivity (Wildman–Crippen MR) is 78.0 cm³/mol. The van der Waals surface area contributed by atoms with E-state index in [0.717, 1.165) is 11.8 Å². The second-order valence-electron chi connectivity index (χ2n) is 4.20. The first-order valence-electron chi connectivity index (χ1n) is 6.10. The van der Waals surface area contributed by atoms with Crippen molar-refractivity contribution in [1.82, 2.24) is 15.2 Å². The lowest BCUT2D eigenvalue weighted by molar-refractivity contribution is -0.113. The average Bonchev–Trinajstić information content (AvgIpc) is 2.85. The molecule has 0 aliphatic heterocycles. The smallest absolute Gasteiger partial charge is 0.387 e. The zero-order chi connectivity index (χ0) is 16.1. The van der Waals surface area contributed by atoms with E-state index < -0.39 is 6.61 Å². The van der Waals surface area contributed by atoms with Crippen LogP contribution >= 0.6 is 11.8 Å². The van der Waals surface area contributed by atoms with E-state index in [9.17, 15) is 13.6 Å². The molecule has 0 aliphatic rings. The van der Waals surface area contributed by atoms with Gasteiger partial charge in [0, 0.05) is 5.69 Å². The molecule has 1 heterocycles. The molecular weight excluding hydrogens is 316 g/mol. The first kappa shape index (κ1) is 16.0. The fourth-order valence-electron chi connectivity index (χ4n) is 1.59. The van der Waals surface area contributed by atoms with Gasteiger partial charge in [-0.25, -0.2) is 5.10 Å². The number of rotatable bonds is 6. The van der Waals surface area contributed by atoms with Crippen molar-refractivity contribution < 1.29 is 18.3 Å². The Hall–Kier alpha value is -2.36. The van der Waals surface area contributed by atoms with Gasteiger partial charge in [0.2, 0.25) is 17.0 Å². The SMILES string of the molecule is Cc1cc(OC(F)F)ccc1NC(=O)CSc1n[nH]c(N)n1. The van der Waals surface area contributed by atoms with Gasteiger partial charge in [-0.3, -0.25) is 4.79 Å². The average molecular weight is 329 g/mol. The molecule has 10 heteroatoms. The third kappa shape index (κ3) is 4.58. The fraction of sp³-hybridized carbons (Fsp3) is 0.250. The van der Waals surface area contributed by atoms with Gasteiger partial charge in [0.05, 0.1) is 5.75 Å². The van der Waals surface area contributed by atoms with Crippen LogP contribution in [0.5, 0.6) is 5.75 Å². The molecule has 0 spiro atoms. The molecule has 0 saturated heterocycles. The number of hydrogen-bond donors (Lipinski definition) is 3. The van der Waals surface area contributed by atoms with Crippen LogP contribution in [0.2, 0.25) is 0 Å². The Morgan fingerprint density at radius 2 is 2.32 bits per heavy atom. The Balaban J connectivity index is 1.90. The van der Waals surface area contributed by atoms with Crippen molar-refractivity contribution in [3.05, 3.63) is 23.8 Å². The summed E-state index contributed by atoms with van der Waals surface area (Å²) in [6.45, 7) is -1.21. The lowest BCUT2D eigenvalue weighted by Gasteiger charge is -2.10. The van der Waals surface area contributed by atoms with E-state index in [4.69, 9.17) is 5.73 Å². The van der Waals surface area contributed by atoms with Crippen molar-refractivity contribution in [2.75, 3.05) is 16.8 Å². The molecule has 22 heavy (non-hydrogen) atoms. The molecule has 0 unspecified atom stereocenters. The standard InChI is InChI=1S/C12H13F2N5O2S/c1-6-4-7(21-10(13)14)2-3-8(6)16-9(20)5-22-12-17-11(15)18-19-12/h2-4,10H,5H2,1H3,(H,16,20)(H3,15,17,18,19). The maximum absolute atomic E-state index is 12.1. The number of H-pyrrole nitrogens is 1. The molecule has 0 aliphatic carbocycles. The van der Waals surface area contributed by atoms with Crippen LogP contribution in [0.3, 0.4) is 0 Å². The molecule has 1 aromatic carbocycles. The van der Waals surface area contributed by atoms with Crippen LogP contribution in [0.15, 0.2) is 23.4 Å². The third-order valence-corrected chi connectivity index (χ3v) is 3.36. The van der Waals surface area contributed by atoms with Gasteiger partial charge < -0.3 is 15.8 Å². The first-order valence-corrected chi connectivity index (χ1v) is 7.08. The number of alkyl halides is 2. The van der Waals surface area contributed by atoms with E-state index in [0.29, 0.717) is 16.4 Å². The summed E-state index contributed by atoms with van der Waals surface area (Å²) in [6, 6.07) is 4.28. The number of benzene rings is 1. The minimum absolute atomic E-state index is 0.0380. The van der Waals surface area contributed by atoms with Crippen LogP contribution < -0.4 is 15.8 Å². The lowest BCUT2D eigenvalue weighted by Crippen LogP contribution is -2.15. The second-order valence-corrected chi connectivity index (χ2v) is 5.14. The number of aromatic amines is 1. The Labute approximate surface area is 128 Å². The molecule has 0 saturated carbocycles. The molecule has 7 nitrogen and oxygen atoms in total. The molecule has 1 aromatic heterocycles. The monoisotopic (exact) mass is 329 g/mol. The largest absolute Gasteiger partial charge is 0.435 e. The van der Waals surface area contributed by atoms with Gasteiger partial charge in [-0.05, 0) is 30.7 Å². The summed E-state index contributed by atoms with van der Waals surface area (Å²) < 4.78 is 28.5. The maximum Gasteiger partial charge on any atom is 0.387 e. The van der Waals surface area contributed by atoms with E-state index in [1.54, 1.807) is 6.92 Å². The molecule has 0 radical (unpaired) electrons. The first-order chi connectivity index (χ1) is 10.4. The number of amides is 1. The number of anilines is 2. The number of nitrogens with two attached hydrogens (primary N) is 1. The van der Waals surface area contributed by atoms with Crippen molar-refractivity contribution in [3.8, 4) is 5.75 Å². The summed E-state index contributed by atoms with van der Waals surface area (Å²) in [5.41, 5.74) is 6.49. The Morgan fingerprint density at radius 1 is 1.55 bits per heavy atom. The number of nitrogens with one attached hydrogen (secondary N) is 2. The van der Waals surface area contributed by atoms with E-state index >= 15 is 0 Å². The highest BCUT2D eigenvalue weighted by atomic mass is 32.2. The van der Waals surface area contributed by atoms with Crippen molar-refractivity contribution in [2.24, 2.45) is 0 Å². The maximum atomic E-state index is 12.1. The highest BCUT2D eigenvalue weighted by molar-refractivity contribution is 7.99. The van der Waals surface area contributed by atoms with E-state index in [-0.39, 0.29) is 23.4 Å². The van der Waals surface area contributed by atoms with Gasteiger partial charge in [0.15, 0.2) is 0 Å². The molecule has 1 amide bonds. The number of halogens is 2. The summed E-state index contributed by atoms with van der Waals surface area (Å²) in [5.74, 6) is 0.0230. The molecule has 118 valence electrons. The minimum atomic E-state index is -2.88.